The van der Waals surface area contributed by atoms with Crippen LogP contribution in [0, 0.1) is 0 Å². The van der Waals surface area contributed by atoms with E-state index in [0.29, 0.717) is 19.8 Å². The Labute approximate surface area is 148 Å². The average molecular weight is 370 g/mol. The molecule has 1 atom stereocenters. The van der Waals surface area contributed by atoms with Crippen LogP contribution in [-0.4, -0.2) is 43.2 Å². The largest absolute Gasteiger partial charge is 0.378 e. The molecule has 1 fully saturated rings. The van der Waals surface area contributed by atoms with Crippen LogP contribution >= 0.6 is 36.2 Å². The maximum Gasteiger partial charge on any atom is 0.239 e. The highest BCUT2D eigenvalue weighted by Crippen LogP contribution is 2.23. The number of rotatable bonds is 4. The van der Waals surface area contributed by atoms with Crippen LogP contribution in [0.15, 0.2) is 5.38 Å². The van der Waals surface area contributed by atoms with Gasteiger partial charge in [-0.15, -0.1) is 36.2 Å². The van der Waals surface area contributed by atoms with Gasteiger partial charge in [-0.1, -0.05) is 20.8 Å². The van der Waals surface area contributed by atoms with Gasteiger partial charge >= 0.3 is 0 Å². The van der Waals surface area contributed by atoms with Crippen LogP contribution in [0.5, 0.6) is 0 Å². The molecule has 1 aliphatic rings. The summed E-state index contributed by atoms with van der Waals surface area (Å²) in [4.78, 5) is 16.5. The molecule has 2 rings (SSSR count). The maximum absolute atomic E-state index is 11.9. The van der Waals surface area contributed by atoms with Gasteiger partial charge in [-0.3, -0.25) is 4.79 Å². The smallest absolute Gasteiger partial charge is 0.239 e. The molecule has 0 aromatic carbocycles. The van der Waals surface area contributed by atoms with Gasteiger partial charge in [0, 0.05) is 30.3 Å². The van der Waals surface area contributed by atoms with Crippen LogP contribution in [0.1, 0.15) is 31.5 Å². The van der Waals surface area contributed by atoms with Crippen molar-refractivity contribution in [2.45, 2.75) is 38.6 Å². The van der Waals surface area contributed by atoms with Gasteiger partial charge in [-0.25, -0.2) is 4.98 Å². The van der Waals surface area contributed by atoms with Crippen molar-refractivity contribution in [1.82, 2.24) is 15.6 Å². The Bertz CT molecular complexity index is 457. The van der Waals surface area contributed by atoms with Gasteiger partial charge in [0.25, 0.3) is 0 Å². The summed E-state index contributed by atoms with van der Waals surface area (Å²) in [5.74, 6) is 0.0114. The molecule has 0 radical (unpaired) electrons. The summed E-state index contributed by atoms with van der Waals surface area (Å²) in [7, 11) is 0. The van der Waals surface area contributed by atoms with E-state index in [-0.39, 0.29) is 42.2 Å². The minimum absolute atomic E-state index is 0. The lowest BCUT2D eigenvalue weighted by atomic mass is 9.93. The molecule has 0 aliphatic carbocycles. The van der Waals surface area contributed by atoms with Crippen molar-refractivity contribution in [3.05, 3.63) is 16.1 Å². The van der Waals surface area contributed by atoms with E-state index < -0.39 is 0 Å². The zero-order valence-electron chi connectivity index (χ0n) is 13.2. The molecule has 1 saturated heterocycles. The predicted octanol–water partition coefficient (Wildman–Crippen LogP) is 1.93. The van der Waals surface area contributed by atoms with Crippen LogP contribution in [0.2, 0.25) is 0 Å². The van der Waals surface area contributed by atoms with Crippen molar-refractivity contribution in [2.24, 2.45) is 0 Å². The third kappa shape index (κ3) is 6.38. The van der Waals surface area contributed by atoms with Crippen molar-refractivity contribution in [3.8, 4) is 0 Å². The SMILES string of the molecule is CC(C)(C)c1csc(CCNC(=O)C2COCCN2)n1.Cl.Cl. The van der Waals surface area contributed by atoms with Gasteiger partial charge < -0.3 is 15.4 Å². The number of halogens is 2. The number of ether oxygens (including phenoxy) is 1. The molecule has 22 heavy (non-hydrogen) atoms. The number of morpholine rings is 1. The number of thiazole rings is 1. The van der Waals surface area contributed by atoms with Gasteiger partial charge in [-0.2, -0.15) is 0 Å². The van der Waals surface area contributed by atoms with Gasteiger partial charge in [-0.05, 0) is 0 Å². The molecule has 1 aliphatic heterocycles. The fraction of sp³-hybridized carbons (Fsp3) is 0.714. The van der Waals surface area contributed by atoms with Gasteiger partial charge in [0.2, 0.25) is 5.91 Å². The molecular weight excluding hydrogens is 345 g/mol. The third-order valence-electron chi connectivity index (χ3n) is 3.20. The zero-order valence-corrected chi connectivity index (χ0v) is 15.6. The molecule has 5 nitrogen and oxygen atoms in total. The summed E-state index contributed by atoms with van der Waals surface area (Å²) in [6.07, 6.45) is 0.778. The van der Waals surface area contributed by atoms with Gasteiger partial charge in [0.05, 0.1) is 23.9 Å². The Morgan fingerprint density at radius 2 is 2.23 bits per heavy atom. The standard InChI is InChI=1S/C14H23N3O2S.2ClH/c1-14(2,3)11-9-20-12(17-11)4-5-16-13(18)10-8-19-7-6-15-10;;/h9-10,15H,4-8H2,1-3H3,(H,16,18);2*1H. The lowest BCUT2D eigenvalue weighted by Crippen LogP contribution is -2.51. The third-order valence-corrected chi connectivity index (χ3v) is 4.11. The van der Waals surface area contributed by atoms with Gasteiger partial charge in [0.15, 0.2) is 0 Å². The highest BCUT2D eigenvalue weighted by atomic mass is 35.5. The second kappa shape index (κ2) is 9.67. The van der Waals surface area contributed by atoms with Crippen LogP contribution in [0.25, 0.3) is 0 Å². The summed E-state index contributed by atoms with van der Waals surface area (Å²) in [6, 6.07) is -0.217. The second-order valence-electron chi connectivity index (χ2n) is 6.00. The number of carbonyl (C=O) groups is 1. The number of hydrogen-bond donors (Lipinski definition) is 2. The number of aromatic nitrogens is 1. The molecule has 1 amide bonds. The predicted molar refractivity (Wildman–Crippen MR) is 94.6 cm³/mol. The molecule has 1 aromatic heterocycles. The normalized spacial score (nSPS) is 18.0. The van der Waals surface area contributed by atoms with Crippen molar-refractivity contribution in [1.29, 1.82) is 0 Å². The quantitative estimate of drug-likeness (QED) is 0.850. The molecule has 1 aromatic rings. The average Bonchev–Trinajstić information content (AvgIpc) is 2.88. The van der Waals surface area contributed by atoms with Crippen molar-refractivity contribution in [2.75, 3.05) is 26.3 Å². The van der Waals surface area contributed by atoms with Crippen LogP contribution in [-0.2, 0) is 21.4 Å². The first kappa shape index (κ1) is 21.6. The monoisotopic (exact) mass is 369 g/mol. The molecule has 0 bridgehead atoms. The van der Waals surface area contributed by atoms with E-state index in [9.17, 15) is 4.79 Å². The molecule has 128 valence electrons. The Balaban J connectivity index is 0.00000220. The summed E-state index contributed by atoms with van der Waals surface area (Å²) in [5, 5.41) is 9.25. The van der Waals surface area contributed by atoms with E-state index in [1.54, 1.807) is 11.3 Å². The Hall–Kier alpha value is -0.400. The fourth-order valence-electron chi connectivity index (χ4n) is 1.92. The fourth-order valence-corrected chi connectivity index (χ4v) is 2.94. The van der Waals surface area contributed by atoms with E-state index in [2.05, 4.69) is 41.8 Å². The zero-order chi connectivity index (χ0) is 14.6. The lowest BCUT2D eigenvalue weighted by molar-refractivity contribution is -0.125. The first-order valence-corrected chi connectivity index (χ1v) is 7.88. The number of nitrogens with zero attached hydrogens (tertiary/aromatic N) is 1. The summed E-state index contributed by atoms with van der Waals surface area (Å²) >= 11 is 1.66. The summed E-state index contributed by atoms with van der Waals surface area (Å²) < 4.78 is 5.27. The first-order valence-electron chi connectivity index (χ1n) is 7.00. The molecule has 8 heteroatoms. The number of hydrogen-bond acceptors (Lipinski definition) is 5. The minimum Gasteiger partial charge on any atom is -0.378 e. The number of nitrogens with one attached hydrogen (secondary N) is 2. The molecule has 1 unspecified atom stereocenters. The van der Waals surface area contributed by atoms with Crippen molar-refractivity contribution in [3.63, 3.8) is 0 Å². The molecular formula is C14H25Cl2N3O2S. The topological polar surface area (TPSA) is 63.2 Å². The highest BCUT2D eigenvalue weighted by Gasteiger charge is 2.21. The van der Waals surface area contributed by atoms with Crippen LogP contribution in [0.3, 0.4) is 0 Å². The number of amides is 1. The molecule has 0 spiro atoms. The van der Waals surface area contributed by atoms with E-state index in [4.69, 9.17) is 4.74 Å². The second-order valence-corrected chi connectivity index (χ2v) is 6.94. The molecule has 2 heterocycles. The Morgan fingerprint density at radius 1 is 1.50 bits per heavy atom. The van der Waals surface area contributed by atoms with E-state index >= 15 is 0 Å². The Morgan fingerprint density at radius 3 is 2.77 bits per heavy atom. The van der Waals surface area contributed by atoms with Crippen LogP contribution in [0.4, 0.5) is 0 Å². The number of carbonyl (C=O) groups excluding carboxylic acids is 1. The molecule has 2 N–H and O–H groups in total. The molecule has 0 saturated carbocycles. The van der Waals surface area contributed by atoms with E-state index in [0.717, 1.165) is 23.7 Å². The van der Waals surface area contributed by atoms with Gasteiger partial charge in [0.1, 0.15) is 6.04 Å². The van der Waals surface area contributed by atoms with Crippen LogP contribution < -0.4 is 10.6 Å². The van der Waals surface area contributed by atoms with Crippen molar-refractivity contribution < 1.29 is 9.53 Å². The maximum atomic E-state index is 11.9. The first-order chi connectivity index (χ1) is 9.47. The van der Waals surface area contributed by atoms with Crippen molar-refractivity contribution >= 4 is 42.1 Å². The summed E-state index contributed by atoms with van der Waals surface area (Å²) in [5.41, 5.74) is 1.20. The minimum atomic E-state index is -0.217. The summed E-state index contributed by atoms with van der Waals surface area (Å²) in [6.45, 7) is 8.95. The lowest BCUT2D eigenvalue weighted by Gasteiger charge is -2.22. The van der Waals surface area contributed by atoms with E-state index in [1.807, 2.05) is 0 Å². The van der Waals surface area contributed by atoms with E-state index in [1.165, 1.54) is 0 Å². The Kier molecular flexibility index (Phi) is 9.50. The highest BCUT2D eigenvalue weighted by molar-refractivity contribution is 7.09.